The number of rotatable bonds is 1. The van der Waals surface area contributed by atoms with Crippen LogP contribution in [0.25, 0.3) is 11.1 Å². The zero-order valence-electron chi connectivity index (χ0n) is 12.5. The number of hydrogen-bond donors (Lipinski definition) is 0. The first-order valence-corrected chi connectivity index (χ1v) is 7.35. The molecule has 0 heterocycles. The van der Waals surface area contributed by atoms with E-state index in [1.807, 2.05) is 0 Å². The summed E-state index contributed by atoms with van der Waals surface area (Å²) in [5, 5.41) is 1.34. The highest BCUT2D eigenvalue weighted by atomic mass is 31.0. The van der Waals surface area contributed by atoms with E-state index in [4.69, 9.17) is 0 Å². The summed E-state index contributed by atoms with van der Waals surface area (Å²) in [5.74, 6) is 0. The van der Waals surface area contributed by atoms with Gasteiger partial charge >= 0.3 is 0 Å². The second kappa shape index (κ2) is 5.10. The van der Waals surface area contributed by atoms with Gasteiger partial charge in [0.25, 0.3) is 0 Å². The predicted molar refractivity (Wildman–Crippen MR) is 89.4 cm³/mol. The molecule has 0 spiro atoms. The Balaban J connectivity index is 2.70. The fourth-order valence-corrected chi connectivity index (χ4v) is 3.33. The first-order chi connectivity index (χ1) is 8.82. The van der Waals surface area contributed by atoms with Crippen molar-refractivity contribution >= 4 is 14.5 Å². The maximum atomic E-state index is 2.94. The van der Waals surface area contributed by atoms with Crippen LogP contribution < -0.4 is 5.30 Å². The molecule has 0 saturated carbocycles. The fraction of sp³-hybridized carbons (Fsp3) is 0.333. The molecule has 0 aliphatic heterocycles. The van der Waals surface area contributed by atoms with E-state index in [0.717, 1.165) is 0 Å². The lowest BCUT2D eigenvalue weighted by Gasteiger charge is -2.25. The van der Waals surface area contributed by atoms with Crippen molar-refractivity contribution < 1.29 is 0 Å². The van der Waals surface area contributed by atoms with Crippen LogP contribution in [-0.4, -0.2) is 0 Å². The molecule has 2 rings (SSSR count). The van der Waals surface area contributed by atoms with Crippen molar-refractivity contribution in [1.29, 1.82) is 0 Å². The number of benzene rings is 2. The van der Waals surface area contributed by atoms with E-state index in [1.54, 1.807) is 0 Å². The van der Waals surface area contributed by atoms with Crippen LogP contribution in [0.1, 0.15) is 37.5 Å². The first-order valence-electron chi connectivity index (χ1n) is 6.78. The molecule has 0 N–H and O–H groups in total. The van der Waals surface area contributed by atoms with Gasteiger partial charge in [0.1, 0.15) is 0 Å². The van der Waals surface area contributed by atoms with Crippen LogP contribution in [0.3, 0.4) is 0 Å². The summed E-state index contributed by atoms with van der Waals surface area (Å²) in [7, 11) is 2.94. The van der Waals surface area contributed by atoms with Crippen LogP contribution >= 0.6 is 9.24 Å². The monoisotopic (exact) mass is 270 g/mol. The average molecular weight is 270 g/mol. The molecule has 19 heavy (non-hydrogen) atoms. The van der Waals surface area contributed by atoms with E-state index < -0.39 is 0 Å². The molecular weight excluding hydrogens is 247 g/mol. The van der Waals surface area contributed by atoms with Gasteiger partial charge in [-0.2, -0.15) is 0 Å². The van der Waals surface area contributed by atoms with Crippen molar-refractivity contribution in [3.8, 4) is 11.1 Å². The molecule has 0 bridgehead atoms. The van der Waals surface area contributed by atoms with E-state index in [-0.39, 0.29) is 5.41 Å². The molecule has 0 amide bonds. The molecule has 100 valence electrons. The third-order valence-electron chi connectivity index (χ3n) is 3.69. The molecule has 0 aromatic heterocycles. The minimum Gasteiger partial charge on any atom is -0.105 e. The Hall–Kier alpha value is -1.13. The Kier molecular flexibility index (Phi) is 3.83. The van der Waals surface area contributed by atoms with Gasteiger partial charge in [-0.05, 0) is 52.4 Å². The van der Waals surface area contributed by atoms with Crippen molar-refractivity contribution in [1.82, 2.24) is 0 Å². The Morgan fingerprint density at radius 1 is 0.947 bits per heavy atom. The Morgan fingerprint density at radius 3 is 2.05 bits per heavy atom. The maximum absolute atomic E-state index is 2.94. The molecule has 0 fully saturated rings. The van der Waals surface area contributed by atoms with Crippen molar-refractivity contribution in [3.05, 3.63) is 53.1 Å². The molecule has 0 aliphatic rings. The normalized spacial score (nSPS) is 11.7. The van der Waals surface area contributed by atoms with Gasteiger partial charge in [0, 0.05) is 0 Å². The average Bonchev–Trinajstić information content (AvgIpc) is 2.34. The van der Waals surface area contributed by atoms with Crippen molar-refractivity contribution in [3.63, 3.8) is 0 Å². The molecule has 2 aromatic carbocycles. The zero-order valence-corrected chi connectivity index (χ0v) is 13.7. The third kappa shape index (κ3) is 2.74. The summed E-state index contributed by atoms with van der Waals surface area (Å²) in [4.78, 5) is 0. The van der Waals surface area contributed by atoms with Crippen LogP contribution in [0, 0.1) is 13.8 Å². The minimum atomic E-state index is 0.182. The highest BCUT2D eigenvalue weighted by molar-refractivity contribution is 7.27. The summed E-state index contributed by atoms with van der Waals surface area (Å²) >= 11 is 0. The fourth-order valence-electron chi connectivity index (χ4n) is 2.67. The van der Waals surface area contributed by atoms with Crippen molar-refractivity contribution in [2.75, 3.05) is 0 Å². The Bertz CT molecular complexity index is 589. The Labute approximate surface area is 119 Å². The molecular formula is C18H23P. The quantitative estimate of drug-likeness (QED) is 0.655. The molecule has 0 saturated heterocycles. The van der Waals surface area contributed by atoms with Crippen molar-refractivity contribution in [2.45, 2.75) is 40.0 Å². The van der Waals surface area contributed by atoms with Gasteiger partial charge in [-0.3, -0.25) is 0 Å². The van der Waals surface area contributed by atoms with E-state index in [9.17, 15) is 0 Å². The molecule has 1 atom stereocenters. The van der Waals surface area contributed by atoms with Gasteiger partial charge < -0.3 is 0 Å². The lowest BCUT2D eigenvalue weighted by Crippen LogP contribution is -2.21. The molecule has 0 aliphatic carbocycles. The lowest BCUT2D eigenvalue weighted by atomic mass is 9.82. The van der Waals surface area contributed by atoms with Crippen LogP contribution in [0.5, 0.6) is 0 Å². The van der Waals surface area contributed by atoms with Gasteiger partial charge in [-0.25, -0.2) is 0 Å². The predicted octanol–water partition coefficient (Wildman–Crippen LogP) is 4.77. The van der Waals surface area contributed by atoms with E-state index in [0.29, 0.717) is 0 Å². The highest BCUT2D eigenvalue weighted by Gasteiger charge is 2.20. The van der Waals surface area contributed by atoms with Crippen LogP contribution in [0.2, 0.25) is 0 Å². The maximum Gasteiger partial charge on any atom is -0.0119 e. The van der Waals surface area contributed by atoms with E-state index in [2.05, 4.69) is 80.3 Å². The van der Waals surface area contributed by atoms with Crippen LogP contribution in [0.15, 0.2) is 36.4 Å². The van der Waals surface area contributed by atoms with Gasteiger partial charge in [0.15, 0.2) is 0 Å². The smallest absolute Gasteiger partial charge is 0.0119 e. The van der Waals surface area contributed by atoms with Gasteiger partial charge in [-0.15, -0.1) is 9.24 Å². The lowest BCUT2D eigenvalue weighted by molar-refractivity contribution is 0.593. The summed E-state index contributed by atoms with van der Waals surface area (Å²) in [6, 6.07) is 13.0. The summed E-state index contributed by atoms with van der Waals surface area (Å²) < 4.78 is 0. The third-order valence-corrected chi connectivity index (χ3v) is 4.44. The topological polar surface area (TPSA) is 0 Å². The SMILES string of the molecule is Cc1cc(C(C)(C)C)c(P)c(C)c1-c1ccccc1. The molecule has 1 unspecified atom stereocenters. The number of hydrogen-bond acceptors (Lipinski definition) is 0. The summed E-state index contributed by atoms with van der Waals surface area (Å²) in [5.41, 5.74) is 7.02. The van der Waals surface area contributed by atoms with E-state index in [1.165, 1.54) is 33.1 Å². The molecule has 0 nitrogen and oxygen atoms in total. The molecule has 2 aromatic rings. The largest absolute Gasteiger partial charge is 0.105 e. The van der Waals surface area contributed by atoms with E-state index >= 15 is 0 Å². The van der Waals surface area contributed by atoms with Gasteiger partial charge in [0.05, 0.1) is 0 Å². The van der Waals surface area contributed by atoms with Crippen LogP contribution in [0.4, 0.5) is 0 Å². The molecule has 1 heteroatoms. The number of aryl methyl sites for hydroxylation is 1. The van der Waals surface area contributed by atoms with Crippen LogP contribution in [-0.2, 0) is 5.41 Å². The van der Waals surface area contributed by atoms with Gasteiger partial charge in [-0.1, -0.05) is 57.2 Å². The first kappa shape index (κ1) is 14.3. The summed E-state index contributed by atoms with van der Waals surface area (Å²) in [6.45, 7) is 11.3. The van der Waals surface area contributed by atoms with Crippen molar-refractivity contribution in [2.24, 2.45) is 0 Å². The summed E-state index contributed by atoms with van der Waals surface area (Å²) in [6.07, 6.45) is 0. The second-order valence-corrected chi connectivity index (χ2v) is 6.85. The Morgan fingerprint density at radius 2 is 1.53 bits per heavy atom. The standard InChI is InChI=1S/C18H23P/c1-12-11-15(18(3,4)5)17(19)13(2)16(12)14-9-7-6-8-10-14/h6-11H,19H2,1-5H3. The molecule has 0 radical (unpaired) electrons. The zero-order chi connectivity index (χ0) is 14.2. The minimum absolute atomic E-state index is 0.182. The second-order valence-electron chi connectivity index (χ2n) is 6.27. The van der Waals surface area contributed by atoms with Gasteiger partial charge in [0.2, 0.25) is 0 Å². The highest BCUT2D eigenvalue weighted by Crippen LogP contribution is 2.32.